The van der Waals surface area contributed by atoms with Crippen molar-refractivity contribution in [1.82, 2.24) is 24.6 Å². The van der Waals surface area contributed by atoms with E-state index in [0.717, 1.165) is 41.3 Å². The summed E-state index contributed by atoms with van der Waals surface area (Å²) in [6.45, 7) is 5.66. The Morgan fingerprint density at radius 2 is 1.91 bits per heavy atom. The monoisotopic (exact) mass is 495 g/mol. The lowest BCUT2D eigenvalue weighted by Crippen LogP contribution is -2.42. The summed E-state index contributed by atoms with van der Waals surface area (Å²) in [5.41, 5.74) is 0.504. The Kier molecular flexibility index (Phi) is 5.99. The molecule has 1 amide bonds. The van der Waals surface area contributed by atoms with Crippen molar-refractivity contribution >= 4 is 38.5 Å². The third-order valence-corrected chi connectivity index (χ3v) is 7.76. The maximum Gasteiger partial charge on any atom is 0.410 e. The summed E-state index contributed by atoms with van der Waals surface area (Å²) in [6.07, 6.45) is 7.25. The molecule has 0 saturated heterocycles. The van der Waals surface area contributed by atoms with E-state index >= 15 is 0 Å². The molecule has 1 saturated carbocycles. The predicted molar refractivity (Wildman–Crippen MR) is 136 cm³/mol. The van der Waals surface area contributed by atoms with Gasteiger partial charge in [0.1, 0.15) is 15.9 Å². The average molecular weight is 496 g/mol. The van der Waals surface area contributed by atoms with Crippen LogP contribution in [0, 0.1) is 5.82 Å². The average Bonchev–Trinajstić information content (AvgIpc) is 3.40. The van der Waals surface area contributed by atoms with Gasteiger partial charge in [0, 0.05) is 53.7 Å². The quantitative estimate of drug-likeness (QED) is 0.335. The standard InChI is InChI=1S/C26H30FN5O2S/c1-26(2,3)34-25(33)32(5)19-8-6-15(7-9-19)21-12-17-13-28-23(29-24(17)35-21)16-10-18-14-31(4)30-22(18)20(27)11-16/h10-15,19H,6-9H2,1-5H3. The van der Waals surface area contributed by atoms with Crippen LogP contribution in [0.4, 0.5) is 9.18 Å². The molecule has 0 atom stereocenters. The molecule has 35 heavy (non-hydrogen) atoms. The van der Waals surface area contributed by atoms with Gasteiger partial charge >= 0.3 is 6.09 Å². The van der Waals surface area contributed by atoms with Crippen LogP contribution in [0.3, 0.4) is 0 Å². The first-order valence-corrected chi connectivity index (χ1v) is 12.7. The third kappa shape index (κ3) is 4.87. The molecule has 1 fully saturated rings. The van der Waals surface area contributed by atoms with E-state index in [1.54, 1.807) is 34.2 Å². The van der Waals surface area contributed by atoms with Crippen molar-refractivity contribution in [1.29, 1.82) is 0 Å². The lowest BCUT2D eigenvalue weighted by molar-refractivity contribution is 0.0183. The number of fused-ring (bicyclic) bond motifs is 2. The van der Waals surface area contributed by atoms with Gasteiger partial charge in [-0.15, -0.1) is 11.3 Å². The highest BCUT2D eigenvalue weighted by molar-refractivity contribution is 7.18. The second-order valence-electron chi connectivity index (χ2n) is 10.4. The third-order valence-electron chi connectivity index (χ3n) is 6.56. The molecule has 7 nitrogen and oxygen atoms in total. The molecule has 3 heterocycles. The highest BCUT2D eigenvalue weighted by Crippen LogP contribution is 2.40. The Hall–Kier alpha value is -3.07. The number of benzene rings is 1. The van der Waals surface area contributed by atoms with E-state index in [1.807, 2.05) is 40.1 Å². The lowest BCUT2D eigenvalue weighted by Gasteiger charge is -2.35. The molecular formula is C26H30FN5O2S. The largest absolute Gasteiger partial charge is 0.444 e. The second-order valence-corrected chi connectivity index (χ2v) is 11.5. The van der Waals surface area contributed by atoms with Crippen LogP contribution >= 0.6 is 11.3 Å². The topological polar surface area (TPSA) is 73.1 Å². The first-order valence-electron chi connectivity index (χ1n) is 11.9. The van der Waals surface area contributed by atoms with Gasteiger partial charge in [0.15, 0.2) is 11.6 Å². The summed E-state index contributed by atoms with van der Waals surface area (Å²) < 4.78 is 21.7. The van der Waals surface area contributed by atoms with E-state index in [0.29, 0.717) is 22.8 Å². The normalized spacial score (nSPS) is 18.8. The minimum atomic E-state index is -0.491. The molecule has 4 aromatic rings. The fourth-order valence-electron chi connectivity index (χ4n) is 4.76. The molecular weight excluding hydrogens is 465 g/mol. The van der Waals surface area contributed by atoms with E-state index in [4.69, 9.17) is 9.72 Å². The van der Waals surface area contributed by atoms with Crippen LogP contribution in [0.15, 0.2) is 30.6 Å². The first kappa shape index (κ1) is 23.7. The molecule has 0 N–H and O–H groups in total. The highest BCUT2D eigenvalue weighted by atomic mass is 32.1. The van der Waals surface area contributed by atoms with Crippen LogP contribution in [0.25, 0.3) is 32.5 Å². The summed E-state index contributed by atoms with van der Waals surface area (Å²) >= 11 is 1.68. The van der Waals surface area contributed by atoms with Crippen molar-refractivity contribution in [3.63, 3.8) is 0 Å². The van der Waals surface area contributed by atoms with E-state index < -0.39 is 5.60 Å². The molecule has 0 radical (unpaired) electrons. The van der Waals surface area contributed by atoms with E-state index in [9.17, 15) is 9.18 Å². The van der Waals surface area contributed by atoms with Crippen molar-refractivity contribution in [2.75, 3.05) is 7.05 Å². The van der Waals surface area contributed by atoms with E-state index in [2.05, 4.69) is 16.1 Å². The number of rotatable bonds is 3. The smallest absolute Gasteiger partial charge is 0.410 e. The van der Waals surface area contributed by atoms with Crippen LogP contribution < -0.4 is 0 Å². The number of thiophene rings is 1. The number of nitrogens with zero attached hydrogens (tertiary/aromatic N) is 5. The molecule has 0 unspecified atom stereocenters. The SMILES string of the molecule is CN(C(=O)OC(C)(C)C)C1CCC(c2cc3cnc(-c4cc(F)c5nn(C)cc5c4)nc3s2)CC1. The van der Waals surface area contributed by atoms with Gasteiger partial charge in [0.05, 0.1) is 0 Å². The Bertz CT molecular complexity index is 1400. The molecule has 1 aliphatic carbocycles. The number of hydrogen-bond acceptors (Lipinski definition) is 6. The number of hydrogen-bond donors (Lipinski definition) is 0. The van der Waals surface area contributed by atoms with Gasteiger partial charge in [-0.1, -0.05) is 0 Å². The molecule has 0 aliphatic heterocycles. The van der Waals surface area contributed by atoms with Gasteiger partial charge in [0.2, 0.25) is 0 Å². The van der Waals surface area contributed by atoms with Gasteiger partial charge in [-0.2, -0.15) is 5.10 Å². The Morgan fingerprint density at radius 1 is 1.17 bits per heavy atom. The number of ether oxygens (including phenoxy) is 1. The molecule has 1 aliphatic rings. The van der Waals surface area contributed by atoms with Crippen molar-refractivity contribution in [3.8, 4) is 11.4 Å². The van der Waals surface area contributed by atoms with Crippen LogP contribution in [0.2, 0.25) is 0 Å². The zero-order valence-electron chi connectivity index (χ0n) is 20.7. The highest BCUT2D eigenvalue weighted by Gasteiger charge is 2.30. The molecule has 184 valence electrons. The zero-order valence-corrected chi connectivity index (χ0v) is 21.5. The van der Waals surface area contributed by atoms with Crippen molar-refractivity contribution in [2.24, 2.45) is 7.05 Å². The fraction of sp³-hybridized carbons (Fsp3) is 0.462. The number of halogens is 1. The lowest BCUT2D eigenvalue weighted by atomic mass is 9.84. The predicted octanol–water partition coefficient (Wildman–Crippen LogP) is 6.28. The van der Waals surface area contributed by atoms with Gasteiger partial charge in [0.25, 0.3) is 0 Å². The number of aryl methyl sites for hydroxylation is 1. The van der Waals surface area contributed by atoms with Crippen LogP contribution in [-0.4, -0.2) is 49.4 Å². The van der Waals surface area contributed by atoms with Gasteiger partial charge in [-0.05, 0) is 70.6 Å². The summed E-state index contributed by atoms with van der Waals surface area (Å²) in [5, 5.41) is 5.90. The molecule has 3 aromatic heterocycles. The van der Waals surface area contributed by atoms with Gasteiger partial charge in [-0.25, -0.2) is 19.2 Å². The van der Waals surface area contributed by atoms with Gasteiger partial charge in [-0.3, -0.25) is 4.68 Å². The van der Waals surface area contributed by atoms with Crippen molar-refractivity contribution in [2.45, 2.75) is 64.0 Å². The van der Waals surface area contributed by atoms with E-state index in [-0.39, 0.29) is 18.0 Å². The van der Waals surface area contributed by atoms with Crippen LogP contribution in [0.5, 0.6) is 0 Å². The number of aromatic nitrogens is 4. The summed E-state index contributed by atoms with van der Waals surface area (Å²) in [7, 11) is 3.61. The fourth-order valence-corrected chi connectivity index (χ4v) is 5.94. The van der Waals surface area contributed by atoms with Crippen LogP contribution in [-0.2, 0) is 11.8 Å². The molecule has 5 rings (SSSR count). The summed E-state index contributed by atoms with van der Waals surface area (Å²) in [6, 6.07) is 5.70. The number of carbonyl (C=O) groups excluding carboxylic acids is 1. The Balaban J connectivity index is 1.31. The van der Waals surface area contributed by atoms with Crippen molar-refractivity contribution in [3.05, 3.63) is 41.3 Å². The maximum atomic E-state index is 14.6. The van der Waals surface area contributed by atoms with E-state index in [1.165, 1.54) is 10.9 Å². The maximum absolute atomic E-state index is 14.6. The second kappa shape index (κ2) is 8.86. The Morgan fingerprint density at radius 3 is 2.63 bits per heavy atom. The molecule has 0 spiro atoms. The molecule has 0 bridgehead atoms. The summed E-state index contributed by atoms with van der Waals surface area (Å²) in [4.78, 5) is 25.7. The first-order chi connectivity index (χ1) is 16.6. The zero-order chi connectivity index (χ0) is 24.9. The van der Waals surface area contributed by atoms with Crippen molar-refractivity contribution < 1.29 is 13.9 Å². The molecule has 1 aromatic carbocycles. The number of amides is 1. The molecule has 9 heteroatoms. The van der Waals surface area contributed by atoms with Gasteiger partial charge < -0.3 is 9.64 Å². The van der Waals surface area contributed by atoms with Crippen LogP contribution in [0.1, 0.15) is 57.2 Å². The minimum Gasteiger partial charge on any atom is -0.444 e. The minimum absolute atomic E-state index is 0.194. The summed E-state index contributed by atoms with van der Waals surface area (Å²) in [5.74, 6) is 0.574. The Labute approximate surface area is 207 Å². The number of carbonyl (C=O) groups is 1.